The summed E-state index contributed by atoms with van der Waals surface area (Å²) < 4.78 is 23.2. The van der Waals surface area contributed by atoms with Crippen LogP contribution in [0.15, 0.2) is 47.5 Å². The van der Waals surface area contributed by atoms with Crippen LogP contribution < -0.4 is 10.6 Å². The van der Waals surface area contributed by atoms with Crippen LogP contribution in [-0.4, -0.2) is 47.6 Å². The van der Waals surface area contributed by atoms with Gasteiger partial charge in [0.25, 0.3) is 5.91 Å². The quantitative estimate of drug-likeness (QED) is 0.646. The average molecular weight is 419 g/mol. The van der Waals surface area contributed by atoms with Crippen LogP contribution in [0.3, 0.4) is 0 Å². The van der Waals surface area contributed by atoms with E-state index >= 15 is 0 Å². The second kappa shape index (κ2) is 7.87. The van der Waals surface area contributed by atoms with Gasteiger partial charge in [-0.3, -0.25) is 15.1 Å². The fraction of sp³-hybridized carbons (Fsp3) is 0.118. The van der Waals surface area contributed by atoms with Crippen LogP contribution in [0.1, 0.15) is 10.4 Å². The number of rotatable bonds is 5. The van der Waals surface area contributed by atoms with Crippen LogP contribution in [0.4, 0.5) is 11.9 Å². The maximum Gasteiger partial charge on any atom is 0.259 e. The lowest BCUT2D eigenvalue weighted by Crippen LogP contribution is -2.16. The molecule has 144 valence electrons. The first-order chi connectivity index (χ1) is 13.3. The SMILES string of the molecule is CNc1nc(NC(=O)c2ccc(S(C)(=O)=O)cc2Cl)nc(-c2ccccn2)n1. The molecule has 9 nitrogen and oxygen atoms in total. The number of halogens is 1. The van der Waals surface area contributed by atoms with Gasteiger partial charge in [-0.05, 0) is 30.3 Å². The minimum Gasteiger partial charge on any atom is -0.357 e. The molecule has 0 aliphatic rings. The number of nitrogens with one attached hydrogen (secondary N) is 2. The van der Waals surface area contributed by atoms with Crippen molar-refractivity contribution >= 4 is 39.2 Å². The molecule has 0 unspecified atom stereocenters. The number of sulfone groups is 1. The number of anilines is 2. The van der Waals surface area contributed by atoms with E-state index in [4.69, 9.17) is 11.6 Å². The highest BCUT2D eigenvalue weighted by molar-refractivity contribution is 7.90. The summed E-state index contributed by atoms with van der Waals surface area (Å²) in [5.74, 6) is -0.0863. The number of carbonyl (C=O) groups excluding carboxylic acids is 1. The molecule has 3 rings (SSSR count). The molecular weight excluding hydrogens is 404 g/mol. The van der Waals surface area contributed by atoms with Gasteiger partial charge in [-0.25, -0.2) is 8.42 Å². The Morgan fingerprint density at radius 2 is 1.82 bits per heavy atom. The van der Waals surface area contributed by atoms with E-state index in [9.17, 15) is 13.2 Å². The molecule has 0 atom stereocenters. The Bertz CT molecular complexity index is 1140. The molecule has 2 aromatic heterocycles. The topological polar surface area (TPSA) is 127 Å². The molecule has 28 heavy (non-hydrogen) atoms. The predicted octanol–water partition coefficient (Wildman–Crippen LogP) is 2.28. The van der Waals surface area contributed by atoms with Gasteiger partial charge in [-0.2, -0.15) is 15.0 Å². The molecule has 0 bridgehead atoms. The van der Waals surface area contributed by atoms with Crippen molar-refractivity contribution in [2.75, 3.05) is 23.9 Å². The first-order valence-electron chi connectivity index (χ1n) is 7.94. The highest BCUT2D eigenvalue weighted by atomic mass is 35.5. The van der Waals surface area contributed by atoms with E-state index in [0.717, 1.165) is 6.26 Å². The molecule has 3 aromatic rings. The highest BCUT2D eigenvalue weighted by Gasteiger charge is 2.17. The van der Waals surface area contributed by atoms with E-state index < -0.39 is 15.7 Å². The van der Waals surface area contributed by atoms with Gasteiger partial charge in [0.2, 0.25) is 11.9 Å². The molecule has 0 radical (unpaired) electrons. The van der Waals surface area contributed by atoms with Gasteiger partial charge in [0.1, 0.15) is 5.69 Å². The first-order valence-corrected chi connectivity index (χ1v) is 10.2. The second-order valence-electron chi connectivity index (χ2n) is 5.64. The van der Waals surface area contributed by atoms with Crippen molar-refractivity contribution in [1.29, 1.82) is 0 Å². The summed E-state index contributed by atoms with van der Waals surface area (Å²) >= 11 is 6.08. The summed E-state index contributed by atoms with van der Waals surface area (Å²) in [7, 11) is -1.81. The summed E-state index contributed by atoms with van der Waals surface area (Å²) in [6.07, 6.45) is 2.65. The third-order valence-corrected chi connectivity index (χ3v) is 5.01. The smallest absolute Gasteiger partial charge is 0.259 e. The lowest BCUT2D eigenvalue weighted by atomic mass is 10.2. The summed E-state index contributed by atoms with van der Waals surface area (Å²) in [4.78, 5) is 29.3. The Balaban J connectivity index is 1.92. The number of aromatic nitrogens is 4. The molecule has 0 saturated heterocycles. The summed E-state index contributed by atoms with van der Waals surface area (Å²) in [6.45, 7) is 0. The van der Waals surface area contributed by atoms with Crippen LogP contribution in [-0.2, 0) is 9.84 Å². The van der Waals surface area contributed by atoms with E-state index in [1.54, 1.807) is 31.4 Å². The molecule has 0 aliphatic heterocycles. The fourth-order valence-electron chi connectivity index (χ4n) is 2.23. The minimum atomic E-state index is -3.44. The number of nitrogens with zero attached hydrogens (tertiary/aromatic N) is 4. The van der Waals surface area contributed by atoms with Crippen molar-refractivity contribution in [1.82, 2.24) is 19.9 Å². The van der Waals surface area contributed by atoms with E-state index in [0.29, 0.717) is 5.69 Å². The number of pyridine rings is 1. The van der Waals surface area contributed by atoms with E-state index in [1.165, 1.54) is 18.2 Å². The molecule has 11 heteroatoms. The van der Waals surface area contributed by atoms with Crippen molar-refractivity contribution in [3.63, 3.8) is 0 Å². The Morgan fingerprint density at radius 3 is 2.43 bits per heavy atom. The lowest BCUT2D eigenvalue weighted by molar-refractivity contribution is 0.102. The van der Waals surface area contributed by atoms with Crippen LogP contribution in [0.25, 0.3) is 11.5 Å². The van der Waals surface area contributed by atoms with Crippen molar-refractivity contribution in [3.8, 4) is 11.5 Å². The molecule has 1 amide bonds. The lowest BCUT2D eigenvalue weighted by Gasteiger charge is -2.09. The van der Waals surface area contributed by atoms with Crippen LogP contribution in [0.2, 0.25) is 5.02 Å². The predicted molar refractivity (Wildman–Crippen MR) is 105 cm³/mol. The zero-order valence-electron chi connectivity index (χ0n) is 14.8. The van der Waals surface area contributed by atoms with Gasteiger partial charge in [-0.15, -0.1) is 0 Å². The maximum absolute atomic E-state index is 12.6. The van der Waals surface area contributed by atoms with Gasteiger partial charge in [0, 0.05) is 19.5 Å². The number of benzene rings is 1. The number of carbonyl (C=O) groups is 1. The van der Waals surface area contributed by atoms with Gasteiger partial charge < -0.3 is 5.32 Å². The Hall–Kier alpha value is -3.11. The molecule has 0 saturated carbocycles. The maximum atomic E-state index is 12.6. The standard InChI is InChI=1S/C17H15ClN6O3S/c1-19-16-21-14(13-5-3-4-8-20-13)22-17(24-16)23-15(25)11-7-6-10(9-12(11)18)28(2,26)27/h3-9H,1-2H3,(H2,19,21,22,23,24,25). The van der Waals surface area contributed by atoms with Crippen molar-refractivity contribution in [2.24, 2.45) is 0 Å². The normalized spacial score (nSPS) is 11.1. The van der Waals surface area contributed by atoms with Crippen LogP contribution >= 0.6 is 11.6 Å². The molecule has 2 N–H and O–H groups in total. The first kappa shape index (κ1) is 19.6. The summed E-state index contributed by atoms with van der Waals surface area (Å²) in [5, 5.41) is 5.33. The van der Waals surface area contributed by atoms with E-state index in [-0.39, 0.29) is 33.2 Å². The molecule has 0 spiro atoms. The Morgan fingerprint density at radius 1 is 1.07 bits per heavy atom. The van der Waals surface area contributed by atoms with Crippen molar-refractivity contribution in [3.05, 3.63) is 53.2 Å². The zero-order chi connectivity index (χ0) is 20.3. The molecule has 2 heterocycles. The van der Waals surface area contributed by atoms with Gasteiger partial charge in [-0.1, -0.05) is 17.7 Å². The summed E-state index contributed by atoms with van der Waals surface area (Å²) in [5.41, 5.74) is 0.590. The Kier molecular flexibility index (Phi) is 5.52. The van der Waals surface area contributed by atoms with Gasteiger partial charge in [0.05, 0.1) is 15.5 Å². The molecule has 0 fully saturated rings. The minimum absolute atomic E-state index is 0.00623. The molecular formula is C17H15ClN6O3S. The second-order valence-corrected chi connectivity index (χ2v) is 8.06. The Labute approximate surface area is 166 Å². The summed E-state index contributed by atoms with van der Waals surface area (Å²) in [6, 6.07) is 9.12. The molecule has 0 aliphatic carbocycles. The molecule has 1 aromatic carbocycles. The number of hydrogen-bond donors (Lipinski definition) is 2. The zero-order valence-corrected chi connectivity index (χ0v) is 16.4. The third-order valence-electron chi connectivity index (χ3n) is 3.59. The largest absolute Gasteiger partial charge is 0.357 e. The van der Waals surface area contributed by atoms with Crippen molar-refractivity contribution < 1.29 is 13.2 Å². The van der Waals surface area contributed by atoms with E-state index in [1.807, 2.05) is 0 Å². The number of hydrogen-bond acceptors (Lipinski definition) is 8. The highest BCUT2D eigenvalue weighted by Crippen LogP contribution is 2.22. The number of amides is 1. The van der Waals surface area contributed by atoms with Crippen LogP contribution in [0.5, 0.6) is 0 Å². The van der Waals surface area contributed by atoms with Gasteiger partial charge >= 0.3 is 0 Å². The van der Waals surface area contributed by atoms with Crippen molar-refractivity contribution in [2.45, 2.75) is 4.90 Å². The van der Waals surface area contributed by atoms with Crippen LogP contribution in [0, 0.1) is 0 Å². The average Bonchev–Trinajstić information content (AvgIpc) is 2.67. The monoisotopic (exact) mass is 418 g/mol. The fourth-order valence-corrected chi connectivity index (χ4v) is 3.21. The third kappa shape index (κ3) is 4.41. The van der Waals surface area contributed by atoms with E-state index in [2.05, 4.69) is 30.6 Å². The van der Waals surface area contributed by atoms with Gasteiger partial charge in [0.15, 0.2) is 15.7 Å².